The zero-order valence-corrected chi connectivity index (χ0v) is 13.1. The van der Waals surface area contributed by atoms with Gasteiger partial charge in [-0.15, -0.1) is 0 Å². The summed E-state index contributed by atoms with van der Waals surface area (Å²) in [5.41, 5.74) is 6.54. The molecule has 5 N–H and O–H groups in total. The Hall–Kier alpha value is -1.48. The van der Waals surface area contributed by atoms with Gasteiger partial charge in [0, 0.05) is 25.2 Å². The first-order valence-electron chi connectivity index (χ1n) is 6.45. The van der Waals surface area contributed by atoms with E-state index in [1.165, 1.54) is 19.9 Å². The summed E-state index contributed by atoms with van der Waals surface area (Å²) < 4.78 is 26.9. The van der Waals surface area contributed by atoms with Crippen LogP contribution >= 0.6 is 0 Å². The van der Waals surface area contributed by atoms with Crippen molar-refractivity contribution in [1.82, 2.24) is 4.72 Å². The predicted octanol–water partition coefficient (Wildman–Crippen LogP) is -0.0602. The minimum Gasteiger partial charge on any atom is -0.392 e. The monoisotopic (exact) mass is 315 g/mol. The van der Waals surface area contributed by atoms with Gasteiger partial charge in [-0.2, -0.15) is 0 Å². The van der Waals surface area contributed by atoms with Crippen molar-refractivity contribution >= 4 is 21.6 Å². The minimum absolute atomic E-state index is 0.0616. The van der Waals surface area contributed by atoms with Crippen LogP contribution in [0.2, 0.25) is 0 Å². The lowest BCUT2D eigenvalue weighted by molar-refractivity contribution is -0.114. The average Bonchev–Trinajstić information content (AvgIpc) is 2.37. The molecule has 0 aliphatic carbocycles. The molecule has 118 valence electrons. The molecule has 0 heterocycles. The first-order chi connectivity index (χ1) is 9.63. The van der Waals surface area contributed by atoms with Gasteiger partial charge >= 0.3 is 0 Å². The second-order valence-electron chi connectivity index (χ2n) is 4.92. The van der Waals surface area contributed by atoms with Crippen molar-refractivity contribution < 1.29 is 18.3 Å². The SMILES string of the molecule is CC(=O)Nc1ccc(C)c(S(=O)(=O)NCC(N)C(C)O)c1. The van der Waals surface area contributed by atoms with Gasteiger partial charge in [0.1, 0.15) is 0 Å². The minimum atomic E-state index is -3.77. The highest BCUT2D eigenvalue weighted by atomic mass is 32.2. The molecule has 0 fully saturated rings. The highest BCUT2D eigenvalue weighted by Crippen LogP contribution is 2.20. The number of rotatable bonds is 6. The third kappa shape index (κ3) is 5.09. The Morgan fingerprint density at radius 3 is 2.57 bits per heavy atom. The fourth-order valence-electron chi connectivity index (χ4n) is 1.62. The smallest absolute Gasteiger partial charge is 0.240 e. The van der Waals surface area contributed by atoms with Crippen LogP contribution in [0.3, 0.4) is 0 Å². The first kappa shape index (κ1) is 17.6. The standard InChI is InChI=1S/C13H21N3O4S/c1-8-4-5-11(16-10(3)18)6-13(8)21(19,20)15-7-12(14)9(2)17/h4-6,9,12,15,17H,7,14H2,1-3H3,(H,16,18). The third-order valence-corrected chi connectivity index (χ3v) is 4.49. The normalized spacial score (nSPS) is 14.5. The Morgan fingerprint density at radius 1 is 1.43 bits per heavy atom. The maximum atomic E-state index is 12.3. The molecule has 1 aromatic rings. The molecule has 0 aliphatic heterocycles. The third-order valence-electron chi connectivity index (χ3n) is 2.93. The molecule has 2 atom stereocenters. The number of benzene rings is 1. The Kier molecular flexibility index (Phi) is 5.85. The van der Waals surface area contributed by atoms with Gasteiger partial charge < -0.3 is 16.2 Å². The van der Waals surface area contributed by atoms with Crippen LogP contribution in [0, 0.1) is 6.92 Å². The van der Waals surface area contributed by atoms with Crippen LogP contribution in [0.5, 0.6) is 0 Å². The van der Waals surface area contributed by atoms with Crippen LogP contribution in [-0.2, 0) is 14.8 Å². The molecule has 0 aliphatic rings. The summed E-state index contributed by atoms with van der Waals surface area (Å²) in [6, 6.07) is 3.91. The fourth-order valence-corrected chi connectivity index (χ4v) is 2.97. The number of aryl methyl sites for hydroxylation is 1. The maximum absolute atomic E-state index is 12.3. The van der Waals surface area contributed by atoms with Crippen LogP contribution in [0.25, 0.3) is 0 Å². The van der Waals surface area contributed by atoms with E-state index in [0.717, 1.165) is 0 Å². The molecule has 1 aromatic carbocycles. The van der Waals surface area contributed by atoms with Crippen molar-refractivity contribution in [3.05, 3.63) is 23.8 Å². The first-order valence-corrected chi connectivity index (χ1v) is 7.93. The Bertz CT molecular complexity index is 614. The Morgan fingerprint density at radius 2 is 2.05 bits per heavy atom. The summed E-state index contributed by atoms with van der Waals surface area (Å²) in [6.07, 6.45) is -0.820. The second-order valence-corrected chi connectivity index (χ2v) is 6.65. The molecule has 0 saturated carbocycles. The molecule has 0 spiro atoms. The predicted molar refractivity (Wildman–Crippen MR) is 80.3 cm³/mol. The number of aliphatic hydroxyl groups excluding tert-OH is 1. The number of nitrogens with two attached hydrogens (primary N) is 1. The highest BCUT2D eigenvalue weighted by molar-refractivity contribution is 7.89. The van der Waals surface area contributed by atoms with Crippen LogP contribution in [0.4, 0.5) is 5.69 Å². The van der Waals surface area contributed by atoms with Gasteiger partial charge in [-0.05, 0) is 31.5 Å². The number of aliphatic hydroxyl groups is 1. The van der Waals surface area contributed by atoms with Gasteiger partial charge in [0.15, 0.2) is 0 Å². The van der Waals surface area contributed by atoms with Gasteiger partial charge in [0.25, 0.3) is 0 Å². The van der Waals surface area contributed by atoms with E-state index >= 15 is 0 Å². The molecular formula is C13H21N3O4S. The summed E-state index contributed by atoms with van der Waals surface area (Å²) in [7, 11) is -3.77. The molecule has 21 heavy (non-hydrogen) atoms. The van der Waals surface area contributed by atoms with E-state index in [9.17, 15) is 18.3 Å². The van der Waals surface area contributed by atoms with Gasteiger partial charge in [-0.25, -0.2) is 13.1 Å². The lowest BCUT2D eigenvalue weighted by Gasteiger charge is -2.16. The topological polar surface area (TPSA) is 122 Å². The van der Waals surface area contributed by atoms with Gasteiger partial charge in [-0.3, -0.25) is 4.79 Å². The number of hydrogen-bond acceptors (Lipinski definition) is 5. The quantitative estimate of drug-likeness (QED) is 0.586. The lowest BCUT2D eigenvalue weighted by atomic mass is 10.2. The number of hydrogen-bond donors (Lipinski definition) is 4. The molecule has 0 aromatic heterocycles. The fraction of sp³-hybridized carbons (Fsp3) is 0.462. The van der Waals surface area contributed by atoms with Crippen molar-refractivity contribution in [2.75, 3.05) is 11.9 Å². The molecule has 0 saturated heterocycles. The molecule has 1 rings (SSSR count). The number of carbonyl (C=O) groups is 1. The van der Waals surface area contributed by atoms with Crippen LogP contribution < -0.4 is 15.8 Å². The van der Waals surface area contributed by atoms with Crippen molar-refractivity contribution in [2.45, 2.75) is 37.8 Å². The van der Waals surface area contributed by atoms with E-state index in [0.29, 0.717) is 11.3 Å². The largest absolute Gasteiger partial charge is 0.392 e. The van der Waals surface area contributed by atoms with E-state index in [1.54, 1.807) is 19.1 Å². The molecular weight excluding hydrogens is 294 g/mol. The van der Waals surface area contributed by atoms with E-state index in [-0.39, 0.29) is 17.3 Å². The number of carbonyl (C=O) groups excluding carboxylic acids is 1. The van der Waals surface area contributed by atoms with E-state index in [1.807, 2.05) is 0 Å². The van der Waals surface area contributed by atoms with E-state index in [4.69, 9.17) is 5.73 Å². The Labute approximate surface area is 124 Å². The van der Waals surface area contributed by atoms with Gasteiger partial charge in [-0.1, -0.05) is 6.07 Å². The summed E-state index contributed by atoms with van der Waals surface area (Å²) in [4.78, 5) is 11.1. The summed E-state index contributed by atoms with van der Waals surface area (Å²) in [5.74, 6) is -0.286. The molecule has 1 amide bonds. The van der Waals surface area contributed by atoms with E-state index < -0.39 is 22.2 Å². The summed E-state index contributed by atoms with van der Waals surface area (Å²) in [6.45, 7) is 4.40. The van der Waals surface area contributed by atoms with Crippen LogP contribution in [0.15, 0.2) is 23.1 Å². The van der Waals surface area contributed by atoms with Crippen molar-refractivity contribution in [3.8, 4) is 0 Å². The zero-order chi connectivity index (χ0) is 16.2. The molecule has 2 unspecified atom stereocenters. The van der Waals surface area contributed by atoms with Crippen molar-refractivity contribution in [1.29, 1.82) is 0 Å². The van der Waals surface area contributed by atoms with Gasteiger partial charge in [0.05, 0.1) is 11.0 Å². The molecule has 7 nitrogen and oxygen atoms in total. The summed E-state index contributed by atoms with van der Waals surface area (Å²) >= 11 is 0. The average molecular weight is 315 g/mol. The Balaban J connectivity index is 2.99. The maximum Gasteiger partial charge on any atom is 0.240 e. The van der Waals surface area contributed by atoms with Crippen molar-refractivity contribution in [2.24, 2.45) is 5.73 Å². The zero-order valence-electron chi connectivity index (χ0n) is 12.3. The molecule has 8 heteroatoms. The number of anilines is 1. The highest BCUT2D eigenvalue weighted by Gasteiger charge is 2.20. The second kappa shape index (κ2) is 6.99. The molecule has 0 bridgehead atoms. The van der Waals surface area contributed by atoms with Crippen LogP contribution in [-0.4, -0.2) is 38.1 Å². The van der Waals surface area contributed by atoms with Crippen LogP contribution in [0.1, 0.15) is 19.4 Å². The summed E-state index contributed by atoms with van der Waals surface area (Å²) in [5, 5.41) is 11.8. The number of nitrogens with one attached hydrogen (secondary N) is 2. The molecule has 0 radical (unpaired) electrons. The van der Waals surface area contributed by atoms with Gasteiger partial charge in [0.2, 0.25) is 15.9 Å². The number of sulfonamides is 1. The number of amides is 1. The van der Waals surface area contributed by atoms with E-state index in [2.05, 4.69) is 10.0 Å². The lowest BCUT2D eigenvalue weighted by Crippen LogP contribution is -2.43. The van der Waals surface area contributed by atoms with Crippen molar-refractivity contribution in [3.63, 3.8) is 0 Å².